The number of nitrogen functional groups attached to an aromatic ring is 1. The summed E-state index contributed by atoms with van der Waals surface area (Å²) in [6, 6.07) is 7.54. The Labute approximate surface area is 173 Å². The molecule has 148 valence electrons. The van der Waals surface area contributed by atoms with Gasteiger partial charge in [0.05, 0.1) is 17.1 Å². The number of piperidine rings is 1. The predicted molar refractivity (Wildman–Crippen MR) is 115 cm³/mol. The Bertz CT molecular complexity index is 1090. The summed E-state index contributed by atoms with van der Waals surface area (Å²) in [4.78, 5) is 22.4. The van der Waals surface area contributed by atoms with Crippen molar-refractivity contribution in [2.75, 3.05) is 18.8 Å². The van der Waals surface area contributed by atoms with Gasteiger partial charge in [0.15, 0.2) is 5.65 Å². The van der Waals surface area contributed by atoms with Crippen LogP contribution in [0.1, 0.15) is 30.1 Å². The number of rotatable bonds is 4. The van der Waals surface area contributed by atoms with Crippen molar-refractivity contribution in [3.8, 4) is 0 Å². The van der Waals surface area contributed by atoms with E-state index in [4.69, 9.17) is 22.4 Å². The fourth-order valence-electron chi connectivity index (χ4n) is 3.63. The van der Waals surface area contributed by atoms with Gasteiger partial charge in [0.1, 0.15) is 12.1 Å². The molecular formula is C21H21ClN6O. The second kappa shape index (κ2) is 8.05. The number of benzene rings is 1. The molecular weight excluding hydrogens is 388 g/mol. The quantitative estimate of drug-likeness (QED) is 0.666. The van der Waals surface area contributed by atoms with Crippen LogP contribution >= 0.6 is 11.6 Å². The molecule has 2 aromatic heterocycles. The molecule has 3 aromatic rings. The molecule has 1 aliphatic rings. The van der Waals surface area contributed by atoms with Gasteiger partial charge in [-0.25, -0.2) is 14.6 Å². The van der Waals surface area contributed by atoms with Gasteiger partial charge in [-0.15, -0.1) is 0 Å². The fraction of sp³-hybridized carbons (Fsp3) is 0.238. The summed E-state index contributed by atoms with van der Waals surface area (Å²) in [5.74, 6) is 0.315. The molecule has 4 rings (SSSR count). The molecule has 8 heteroatoms. The van der Waals surface area contributed by atoms with E-state index >= 15 is 0 Å². The second-order valence-corrected chi connectivity index (χ2v) is 7.39. The van der Waals surface area contributed by atoms with Gasteiger partial charge in [0.25, 0.3) is 0 Å². The third kappa shape index (κ3) is 3.86. The molecule has 0 aliphatic carbocycles. The van der Waals surface area contributed by atoms with Gasteiger partial charge < -0.3 is 10.6 Å². The SMILES string of the molecule is C=CC(=O)N1CCC[C@@H](n2nc(/C=C/c3ccc(Cl)cc3)c3c(N)ncnc32)C1. The lowest BCUT2D eigenvalue weighted by Gasteiger charge is -2.32. The lowest BCUT2D eigenvalue weighted by molar-refractivity contribution is -0.127. The van der Waals surface area contributed by atoms with Crippen LogP contribution in [0.5, 0.6) is 0 Å². The lowest BCUT2D eigenvalue weighted by atomic mass is 10.1. The van der Waals surface area contributed by atoms with E-state index < -0.39 is 0 Å². The highest BCUT2D eigenvalue weighted by Crippen LogP contribution is 2.29. The van der Waals surface area contributed by atoms with Gasteiger partial charge in [-0.2, -0.15) is 5.10 Å². The smallest absolute Gasteiger partial charge is 0.246 e. The van der Waals surface area contributed by atoms with Crippen LogP contribution in [0.2, 0.25) is 5.02 Å². The largest absolute Gasteiger partial charge is 0.383 e. The minimum atomic E-state index is -0.0665. The lowest BCUT2D eigenvalue weighted by Crippen LogP contribution is -2.40. The molecule has 0 radical (unpaired) electrons. The molecule has 0 unspecified atom stereocenters. The number of fused-ring (bicyclic) bond motifs is 1. The van der Waals surface area contributed by atoms with Crippen molar-refractivity contribution < 1.29 is 4.79 Å². The van der Waals surface area contributed by atoms with Gasteiger partial charge in [0, 0.05) is 18.1 Å². The number of halogens is 1. The first kappa shape index (κ1) is 19.1. The minimum Gasteiger partial charge on any atom is -0.383 e. The Morgan fingerprint density at radius 1 is 1.24 bits per heavy atom. The zero-order valence-electron chi connectivity index (χ0n) is 15.8. The van der Waals surface area contributed by atoms with Crippen LogP contribution in [0.15, 0.2) is 43.2 Å². The summed E-state index contributed by atoms with van der Waals surface area (Å²) >= 11 is 5.95. The fourth-order valence-corrected chi connectivity index (χ4v) is 3.75. The average molecular weight is 409 g/mol. The van der Waals surface area contributed by atoms with E-state index in [2.05, 4.69) is 16.5 Å². The summed E-state index contributed by atoms with van der Waals surface area (Å²) in [7, 11) is 0. The molecule has 7 nitrogen and oxygen atoms in total. The molecule has 2 N–H and O–H groups in total. The first-order chi connectivity index (χ1) is 14.1. The van der Waals surface area contributed by atoms with Gasteiger partial charge in [0.2, 0.25) is 5.91 Å². The summed E-state index contributed by atoms with van der Waals surface area (Å²) in [6.07, 6.45) is 8.44. The summed E-state index contributed by atoms with van der Waals surface area (Å²) < 4.78 is 1.87. The number of hydrogen-bond donors (Lipinski definition) is 1. The van der Waals surface area contributed by atoms with Crippen LogP contribution in [-0.2, 0) is 4.79 Å². The number of likely N-dealkylation sites (tertiary alicyclic amines) is 1. The van der Waals surface area contributed by atoms with Crippen molar-refractivity contribution in [2.45, 2.75) is 18.9 Å². The van der Waals surface area contributed by atoms with Crippen LogP contribution in [0.3, 0.4) is 0 Å². The minimum absolute atomic E-state index is 0.0159. The molecule has 1 atom stereocenters. The number of carbonyl (C=O) groups excluding carboxylic acids is 1. The highest BCUT2D eigenvalue weighted by Gasteiger charge is 2.27. The van der Waals surface area contributed by atoms with Crippen LogP contribution in [-0.4, -0.2) is 43.6 Å². The molecule has 3 heterocycles. The monoisotopic (exact) mass is 408 g/mol. The number of nitrogens with two attached hydrogens (primary N) is 1. The van der Waals surface area contributed by atoms with E-state index in [0.29, 0.717) is 34.1 Å². The highest BCUT2D eigenvalue weighted by atomic mass is 35.5. The summed E-state index contributed by atoms with van der Waals surface area (Å²) in [6.45, 7) is 4.87. The number of anilines is 1. The van der Waals surface area contributed by atoms with E-state index in [1.807, 2.05) is 41.1 Å². The Kier molecular flexibility index (Phi) is 5.31. The Hall–Kier alpha value is -3.19. The van der Waals surface area contributed by atoms with Crippen LogP contribution < -0.4 is 5.73 Å². The molecule has 1 aliphatic heterocycles. The maximum atomic E-state index is 12.1. The Morgan fingerprint density at radius 3 is 2.79 bits per heavy atom. The highest BCUT2D eigenvalue weighted by molar-refractivity contribution is 6.30. The molecule has 0 spiro atoms. The predicted octanol–water partition coefficient (Wildman–Crippen LogP) is 3.58. The first-order valence-corrected chi connectivity index (χ1v) is 9.78. The topological polar surface area (TPSA) is 89.9 Å². The van der Waals surface area contributed by atoms with Gasteiger partial charge in [-0.05, 0) is 42.7 Å². The van der Waals surface area contributed by atoms with Crippen molar-refractivity contribution in [2.24, 2.45) is 0 Å². The maximum absolute atomic E-state index is 12.1. The normalized spacial score (nSPS) is 17.1. The van der Waals surface area contributed by atoms with Gasteiger partial charge >= 0.3 is 0 Å². The third-order valence-electron chi connectivity index (χ3n) is 5.08. The van der Waals surface area contributed by atoms with E-state index in [0.717, 1.165) is 24.9 Å². The van der Waals surface area contributed by atoms with Crippen molar-refractivity contribution in [3.05, 3.63) is 59.5 Å². The Balaban J connectivity index is 1.72. The van der Waals surface area contributed by atoms with Gasteiger partial charge in [-0.1, -0.05) is 36.4 Å². The number of hydrogen-bond acceptors (Lipinski definition) is 5. The average Bonchev–Trinajstić information content (AvgIpc) is 3.13. The molecule has 29 heavy (non-hydrogen) atoms. The standard InChI is InChI=1S/C21H21ClN6O/c1-2-18(29)27-11-3-4-16(12-27)28-21-19(20(23)24-13-25-21)17(26-28)10-7-14-5-8-15(22)9-6-14/h2,5-10,13,16H,1,3-4,11-12H2,(H2,23,24,25)/b10-7+/t16-/m1/s1. The van der Waals surface area contributed by atoms with Crippen molar-refractivity contribution >= 4 is 46.5 Å². The van der Waals surface area contributed by atoms with Crippen LogP contribution in [0, 0.1) is 0 Å². The molecule has 1 aromatic carbocycles. The van der Waals surface area contributed by atoms with Crippen molar-refractivity contribution in [1.29, 1.82) is 0 Å². The van der Waals surface area contributed by atoms with E-state index in [9.17, 15) is 4.79 Å². The van der Waals surface area contributed by atoms with Gasteiger partial charge in [-0.3, -0.25) is 4.79 Å². The van der Waals surface area contributed by atoms with E-state index in [1.54, 1.807) is 4.90 Å². The zero-order chi connectivity index (χ0) is 20.4. The number of aromatic nitrogens is 4. The second-order valence-electron chi connectivity index (χ2n) is 6.96. The molecule has 1 fully saturated rings. The van der Waals surface area contributed by atoms with Crippen LogP contribution in [0.25, 0.3) is 23.2 Å². The van der Waals surface area contributed by atoms with E-state index in [-0.39, 0.29) is 11.9 Å². The number of amides is 1. The van der Waals surface area contributed by atoms with Crippen molar-refractivity contribution in [3.63, 3.8) is 0 Å². The first-order valence-electron chi connectivity index (χ1n) is 9.40. The Morgan fingerprint density at radius 2 is 2.03 bits per heavy atom. The summed E-state index contributed by atoms with van der Waals surface area (Å²) in [5, 5.41) is 6.18. The molecule has 1 amide bonds. The third-order valence-corrected chi connectivity index (χ3v) is 5.33. The number of nitrogens with zero attached hydrogens (tertiary/aromatic N) is 5. The maximum Gasteiger partial charge on any atom is 0.246 e. The molecule has 1 saturated heterocycles. The molecule has 0 saturated carbocycles. The summed E-state index contributed by atoms with van der Waals surface area (Å²) in [5.41, 5.74) is 8.51. The zero-order valence-corrected chi connectivity index (χ0v) is 16.6. The number of carbonyl (C=O) groups is 1. The van der Waals surface area contributed by atoms with Crippen LogP contribution in [0.4, 0.5) is 5.82 Å². The van der Waals surface area contributed by atoms with E-state index in [1.165, 1.54) is 12.4 Å². The van der Waals surface area contributed by atoms with Crippen molar-refractivity contribution in [1.82, 2.24) is 24.6 Å². The molecule has 0 bridgehead atoms.